The van der Waals surface area contributed by atoms with Crippen LogP contribution in [0.3, 0.4) is 0 Å². The highest BCUT2D eigenvalue weighted by atomic mass is 32.2. The second-order valence-corrected chi connectivity index (χ2v) is 9.36. The Morgan fingerprint density at radius 3 is 2.62 bits per heavy atom. The van der Waals surface area contributed by atoms with Crippen LogP contribution in [0.1, 0.15) is 43.3 Å². The van der Waals surface area contributed by atoms with Crippen LogP contribution in [0.2, 0.25) is 0 Å². The van der Waals surface area contributed by atoms with E-state index in [0.717, 1.165) is 24.2 Å². The summed E-state index contributed by atoms with van der Waals surface area (Å²) in [6.45, 7) is 4.85. The third-order valence-electron chi connectivity index (χ3n) is 5.21. The van der Waals surface area contributed by atoms with E-state index in [4.69, 9.17) is 4.52 Å². The second-order valence-electron chi connectivity index (χ2n) is 7.19. The van der Waals surface area contributed by atoms with Crippen LogP contribution < -0.4 is 0 Å². The van der Waals surface area contributed by atoms with E-state index in [0.29, 0.717) is 13.1 Å². The minimum atomic E-state index is -3.40. The van der Waals surface area contributed by atoms with Gasteiger partial charge in [-0.3, -0.25) is 4.90 Å². The molecule has 29 heavy (non-hydrogen) atoms. The van der Waals surface area contributed by atoms with Crippen LogP contribution in [0.15, 0.2) is 58.5 Å². The lowest BCUT2D eigenvalue weighted by Gasteiger charge is -2.23. The van der Waals surface area contributed by atoms with Gasteiger partial charge in [0, 0.05) is 19.2 Å². The Labute approximate surface area is 172 Å². The zero-order valence-corrected chi connectivity index (χ0v) is 18.0. The molecule has 0 saturated heterocycles. The highest BCUT2D eigenvalue weighted by Gasteiger charge is 2.23. The molecule has 0 radical (unpaired) electrons. The molecule has 0 aliphatic rings. The van der Waals surface area contributed by atoms with Crippen LogP contribution in [0.4, 0.5) is 0 Å². The average Bonchev–Trinajstić information content (AvgIpc) is 3.39. The molecule has 0 aliphatic heterocycles. The summed E-state index contributed by atoms with van der Waals surface area (Å²) in [5.41, 5.74) is 2.96. The minimum absolute atomic E-state index is 0.0349. The molecule has 156 valence electrons. The number of hydrogen-bond acceptors (Lipinski definition) is 6. The Morgan fingerprint density at radius 1 is 1.21 bits per heavy atom. The summed E-state index contributed by atoms with van der Waals surface area (Å²) < 4.78 is 31.9. The molecule has 0 N–H and O–H groups in total. The van der Waals surface area contributed by atoms with Crippen molar-refractivity contribution >= 4 is 9.84 Å². The first-order chi connectivity index (χ1) is 13.9. The van der Waals surface area contributed by atoms with E-state index in [1.54, 1.807) is 19.4 Å². The topological polar surface area (TPSA) is 81.2 Å². The van der Waals surface area contributed by atoms with Gasteiger partial charge in [-0.05, 0) is 32.4 Å². The van der Waals surface area contributed by atoms with E-state index in [1.165, 1.54) is 5.56 Å². The molecule has 1 atom stereocenters. The summed E-state index contributed by atoms with van der Waals surface area (Å²) in [5, 5.41) is 4.17. The number of sulfone groups is 1. The Morgan fingerprint density at radius 2 is 1.97 bits per heavy atom. The van der Waals surface area contributed by atoms with Crippen molar-refractivity contribution in [2.45, 2.75) is 51.0 Å². The first-order valence-corrected chi connectivity index (χ1v) is 11.5. The minimum Gasteiger partial charge on any atom is -0.364 e. The fraction of sp³-hybridized carbons (Fsp3) is 0.429. The van der Waals surface area contributed by atoms with Crippen molar-refractivity contribution in [2.75, 3.05) is 12.8 Å². The Kier molecular flexibility index (Phi) is 6.87. The normalized spacial score (nSPS) is 13.1. The fourth-order valence-corrected chi connectivity index (χ4v) is 4.29. The average molecular weight is 417 g/mol. The number of aryl methyl sites for hydroxylation is 1. The van der Waals surface area contributed by atoms with Gasteiger partial charge in [0.05, 0.1) is 23.7 Å². The van der Waals surface area contributed by atoms with Gasteiger partial charge < -0.3 is 9.09 Å². The van der Waals surface area contributed by atoms with Gasteiger partial charge in [-0.25, -0.2) is 13.4 Å². The van der Waals surface area contributed by atoms with Crippen molar-refractivity contribution in [2.24, 2.45) is 0 Å². The van der Waals surface area contributed by atoms with Gasteiger partial charge in [-0.15, -0.1) is 0 Å². The molecule has 3 rings (SSSR count). The van der Waals surface area contributed by atoms with Gasteiger partial charge in [-0.1, -0.05) is 42.4 Å². The monoisotopic (exact) mass is 416 g/mol. The lowest BCUT2D eigenvalue weighted by Crippen LogP contribution is -2.24. The van der Waals surface area contributed by atoms with Crippen molar-refractivity contribution in [1.29, 1.82) is 0 Å². The van der Waals surface area contributed by atoms with Crippen LogP contribution in [-0.4, -0.2) is 40.8 Å². The van der Waals surface area contributed by atoms with Crippen LogP contribution in [0.5, 0.6) is 0 Å². The maximum absolute atomic E-state index is 12.6. The lowest BCUT2D eigenvalue weighted by molar-refractivity contribution is 0.234. The zero-order chi connectivity index (χ0) is 20.9. The molecule has 0 bridgehead atoms. The third kappa shape index (κ3) is 5.13. The van der Waals surface area contributed by atoms with Crippen molar-refractivity contribution in [3.8, 4) is 0 Å². The van der Waals surface area contributed by atoms with E-state index in [2.05, 4.69) is 27.2 Å². The van der Waals surface area contributed by atoms with E-state index in [-0.39, 0.29) is 17.0 Å². The largest absolute Gasteiger partial charge is 0.364 e. The molecule has 7 nitrogen and oxygen atoms in total. The van der Waals surface area contributed by atoms with Gasteiger partial charge in [0.1, 0.15) is 12.0 Å². The Bertz CT molecular complexity index is 998. The highest BCUT2D eigenvalue weighted by molar-refractivity contribution is 7.91. The van der Waals surface area contributed by atoms with Crippen molar-refractivity contribution in [3.63, 3.8) is 0 Å². The third-order valence-corrected chi connectivity index (χ3v) is 6.85. The molecule has 0 unspecified atom stereocenters. The molecule has 2 aromatic heterocycles. The summed E-state index contributed by atoms with van der Waals surface area (Å²) >= 11 is 0. The predicted molar refractivity (Wildman–Crippen MR) is 111 cm³/mol. The van der Waals surface area contributed by atoms with Gasteiger partial charge in [0.25, 0.3) is 0 Å². The standard InChI is InChI=1S/C21H28N4O3S/c1-4-29(26,27)21-22-15-19(16-24(3)17(2)20-12-14-28-23-20)25(21)13-8-11-18-9-6-5-7-10-18/h5-7,9-10,12,14-15,17H,4,8,11,13,16H2,1-3H3/t17-/m0/s1. The number of hydrogen-bond donors (Lipinski definition) is 0. The molecule has 0 aliphatic carbocycles. The van der Waals surface area contributed by atoms with E-state index in [9.17, 15) is 8.42 Å². The summed E-state index contributed by atoms with van der Waals surface area (Å²) in [6, 6.07) is 12.1. The molecular weight excluding hydrogens is 388 g/mol. The summed E-state index contributed by atoms with van der Waals surface area (Å²) in [4.78, 5) is 6.38. The Hall–Kier alpha value is -2.45. The molecule has 0 saturated carbocycles. The summed E-state index contributed by atoms with van der Waals surface area (Å²) in [7, 11) is -1.42. The first kappa shape index (κ1) is 21.3. The van der Waals surface area contributed by atoms with Crippen LogP contribution in [0, 0.1) is 0 Å². The summed E-state index contributed by atoms with van der Waals surface area (Å²) in [6.07, 6.45) is 4.95. The number of imidazole rings is 1. The molecule has 1 aromatic carbocycles. The van der Waals surface area contributed by atoms with Crippen molar-refractivity contribution in [3.05, 3.63) is 65.8 Å². The number of benzene rings is 1. The number of rotatable bonds is 10. The van der Waals surface area contributed by atoms with Crippen LogP contribution >= 0.6 is 0 Å². The molecule has 3 aromatic rings. The predicted octanol–water partition coefficient (Wildman–Crippen LogP) is 3.49. The first-order valence-electron chi connectivity index (χ1n) is 9.84. The van der Waals surface area contributed by atoms with Crippen LogP contribution in [-0.2, 0) is 29.3 Å². The van der Waals surface area contributed by atoms with E-state index >= 15 is 0 Å². The SMILES string of the molecule is CCS(=O)(=O)c1ncc(CN(C)[C@@H](C)c2ccon2)n1CCCc1ccccc1. The van der Waals surface area contributed by atoms with Gasteiger partial charge in [-0.2, -0.15) is 0 Å². The molecule has 0 spiro atoms. The van der Waals surface area contributed by atoms with E-state index < -0.39 is 9.84 Å². The molecular formula is C21H28N4O3S. The number of aromatic nitrogens is 3. The zero-order valence-electron chi connectivity index (χ0n) is 17.2. The molecule has 0 amide bonds. The smallest absolute Gasteiger partial charge is 0.227 e. The highest BCUT2D eigenvalue weighted by Crippen LogP contribution is 2.21. The quantitative estimate of drug-likeness (QED) is 0.503. The molecule has 8 heteroatoms. The van der Waals surface area contributed by atoms with Crippen molar-refractivity contribution in [1.82, 2.24) is 19.6 Å². The van der Waals surface area contributed by atoms with E-state index in [1.807, 2.05) is 42.8 Å². The molecule has 2 heterocycles. The maximum atomic E-state index is 12.6. The second kappa shape index (κ2) is 9.37. The van der Waals surface area contributed by atoms with Gasteiger partial charge in [0.15, 0.2) is 0 Å². The lowest BCUT2D eigenvalue weighted by atomic mass is 10.1. The molecule has 0 fully saturated rings. The maximum Gasteiger partial charge on any atom is 0.227 e. The van der Waals surface area contributed by atoms with Crippen molar-refractivity contribution < 1.29 is 12.9 Å². The summed E-state index contributed by atoms with van der Waals surface area (Å²) in [5.74, 6) is 0.0350. The Balaban J connectivity index is 1.79. The number of nitrogens with zero attached hydrogens (tertiary/aromatic N) is 4. The van der Waals surface area contributed by atoms with Gasteiger partial charge >= 0.3 is 0 Å². The van der Waals surface area contributed by atoms with Gasteiger partial charge in [0.2, 0.25) is 15.0 Å². The van der Waals surface area contributed by atoms with Crippen LogP contribution in [0.25, 0.3) is 0 Å². The fourth-order valence-electron chi connectivity index (χ4n) is 3.28.